The first-order valence-electron chi connectivity index (χ1n) is 9.96. The molecule has 0 N–H and O–H groups in total. The van der Waals surface area contributed by atoms with Crippen LogP contribution in [0.15, 0.2) is 42.2 Å². The highest BCUT2D eigenvalue weighted by molar-refractivity contribution is 7.14. The Hall–Kier alpha value is -3.87. The fourth-order valence-corrected chi connectivity index (χ4v) is 4.14. The third-order valence-electron chi connectivity index (χ3n) is 4.79. The maximum atomic E-state index is 13.1. The van der Waals surface area contributed by atoms with Crippen LogP contribution in [-0.4, -0.2) is 36.4 Å². The van der Waals surface area contributed by atoms with Crippen LogP contribution in [0, 0.1) is 0 Å². The average Bonchev–Trinajstić information content (AvgIpc) is 3.46. The Labute approximate surface area is 194 Å². The lowest BCUT2D eigenvalue weighted by molar-refractivity contribution is -0.137. The molecule has 9 nitrogen and oxygen atoms in total. The van der Waals surface area contributed by atoms with Gasteiger partial charge in [0.25, 0.3) is 5.78 Å². The van der Waals surface area contributed by atoms with Gasteiger partial charge in [0.15, 0.2) is 5.13 Å². The molecule has 0 bridgehead atoms. The Bertz CT molecular complexity index is 1370. The van der Waals surface area contributed by atoms with E-state index in [4.69, 9.17) is 4.74 Å². The number of alkyl halides is 3. The van der Waals surface area contributed by atoms with Gasteiger partial charge in [-0.15, -0.1) is 11.3 Å². The summed E-state index contributed by atoms with van der Waals surface area (Å²) in [5, 5.41) is 5.77. The van der Waals surface area contributed by atoms with Gasteiger partial charge in [-0.2, -0.15) is 23.3 Å². The monoisotopic (exact) mass is 490 g/mol. The Morgan fingerprint density at radius 3 is 2.74 bits per heavy atom. The zero-order valence-corrected chi connectivity index (χ0v) is 18.7. The SMILES string of the molecule is CCc1c(C(=O)OCc2csc(N(C(C)=O)c3cccc(C(F)(F)F)c3)n2)cnc2ncnn12. The number of hydrogen-bond donors (Lipinski definition) is 0. The summed E-state index contributed by atoms with van der Waals surface area (Å²) >= 11 is 1.04. The van der Waals surface area contributed by atoms with Crippen molar-refractivity contribution < 1.29 is 27.5 Å². The fraction of sp³-hybridized carbons (Fsp3) is 0.238. The van der Waals surface area contributed by atoms with Crippen LogP contribution in [0.2, 0.25) is 0 Å². The number of thiazole rings is 1. The number of aryl methyl sites for hydroxylation is 1. The third-order valence-corrected chi connectivity index (χ3v) is 5.66. The van der Waals surface area contributed by atoms with E-state index < -0.39 is 23.6 Å². The standard InChI is InChI=1S/C21H17F3N6O3S/c1-3-17-16(8-25-19-26-11-27-30(17)19)18(32)33-9-14-10-34-20(28-14)29(12(2)31)15-6-4-5-13(7-15)21(22,23)24/h4-8,10-11H,3,9H2,1-2H3. The Morgan fingerprint density at radius 2 is 2.03 bits per heavy atom. The molecule has 1 aromatic carbocycles. The summed E-state index contributed by atoms with van der Waals surface area (Å²) in [6.45, 7) is 2.87. The second-order valence-corrected chi connectivity index (χ2v) is 7.88. The van der Waals surface area contributed by atoms with Crippen molar-refractivity contribution in [3.63, 3.8) is 0 Å². The molecule has 0 saturated heterocycles. The van der Waals surface area contributed by atoms with Crippen molar-refractivity contribution in [2.24, 2.45) is 0 Å². The first-order valence-corrected chi connectivity index (χ1v) is 10.8. The number of halogens is 3. The van der Waals surface area contributed by atoms with E-state index >= 15 is 0 Å². The summed E-state index contributed by atoms with van der Waals surface area (Å²) in [7, 11) is 0. The number of amides is 1. The van der Waals surface area contributed by atoms with Crippen LogP contribution >= 0.6 is 11.3 Å². The van der Waals surface area contributed by atoms with Crippen LogP contribution < -0.4 is 4.90 Å². The Balaban J connectivity index is 1.53. The highest BCUT2D eigenvalue weighted by Gasteiger charge is 2.31. The lowest BCUT2D eigenvalue weighted by Gasteiger charge is -2.19. The number of nitrogens with zero attached hydrogens (tertiary/aromatic N) is 6. The molecular weight excluding hydrogens is 473 g/mol. The Morgan fingerprint density at radius 1 is 1.24 bits per heavy atom. The van der Waals surface area contributed by atoms with Crippen molar-refractivity contribution in [2.75, 3.05) is 4.90 Å². The molecule has 4 rings (SSSR count). The van der Waals surface area contributed by atoms with E-state index in [1.165, 1.54) is 36.1 Å². The number of carbonyl (C=O) groups excluding carboxylic acids is 2. The van der Waals surface area contributed by atoms with E-state index in [2.05, 4.69) is 20.1 Å². The molecular formula is C21H17F3N6O3S. The minimum absolute atomic E-state index is 0.0278. The lowest BCUT2D eigenvalue weighted by atomic mass is 10.2. The predicted octanol–water partition coefficient (Wildman–Crippen LogP) is 4.20. The molecule has 0 atom stereocenters. The summed E-state index contributed by atoms with van der Waals surface area (Å²) in [6, 6.07) is 4.40. The normalized spacial score (nSPS) is 11.6. The van der Waals surface area contributed by atoms with Crippen molar-refractivity contribution in [3.8, 4) is 0 Å². The number of hydrogen-bond acceptors (Lipinski definition) is 8. The van der Waals surface area contributed by atoms with Crippen LogP contribution in [0.5, 0.6) is 0 Å². The molecule has 34 heavy (non-hydrogen) atoms. The summed E-state index contributed by atoms with van der Waals surface area (Å²) in [5.74, 6) is -0.800. The van der Waals surface area contributed by atoms with Gasteiger partial charge in [0.1, 0.15) is 12.9 Å². The van der Waals surface area contributed by atoms with Gasteiger partial charge >= 0.3 is 12.1 Å². The zero-order valence-electron chi connectivity index (χ0n) is 17.9. The molecule has 0 aliphatic rings. The number of rotatable bonds is 6. The molecule has 0 aliphatic heterocycles. The molecule has 0 fully saturated rings. The number of benzene rings is 1. The molecule has 1 amide bonds. The second kappa shape index (κ2) is 9.17. The molecule has 3 heterocycles. The molecule has 0 unspecified atom stereocenters. The van der Waals surface area contributed by atoms with Gasteiger partial charge in [-0.3, -0.25) is 9.69 Å². The van der Waals surface area contributed by atoms with Gasteiger partial charge in [0.05, 0.1) is 28.2 Å². The van der Waals surface area contributed by atoms with Gasteiger partial charge in [-0.05, 0) is 24.6 Å². The van der Waals surface area contributed by atoms with Crippen LogP contribution in [0.25, 0.3) is 5.78 Å². The molecule has 0 radical (unpaired) electrons. The summed E-state index contributed by atoms with van der Waals surface area (Å²) in [4.78, 5) is 38.3. The number of carbonyl (C=O) groups is 2. The Kier molecular flexibility index (Phi) is 6.28. The molecule has 0 aliphatic carbocycles. The average molecular weight is 490 g/mol. The number of esters is 1. The highest BCUT2D eigenvalue weighted by Crippen LogP contribution is 2.35. The highest BCUT2D eigenvalue weighted by atomic mass is 32.1. The molecule has 13 heteroatoms. The maximum Gasteiger partial charge on any atom is 0.416 e. The van der Waals surface area contributed by atoms with Gasteiger partial charge in [0, 0.05) is 18.5 Å². The minimum atomic E-state index is -4.55. The molecule has 4 aromatic rings. The topological polar surface area (TPSA) is 103 Å². The van der Waals surface area contributed by atoms with Gasteiger partial charge in [-0.1, -0.05) is 13.0 Å². The number of anilines is 2. The number of aromatic nitrogens is 5. The van der Waals surface area contributed by atoms with Gasteiger partial charge in [0.2, 0.25) is 5.91 Å². The van der Waals surface area contributed by atoms with Crippen LogP contribution in [0.3, 0.4) is 0 Å². The first-order chi connectivity index (χ1) is 16.2. The van der Waals surface area contributed by atoms with E-state index in [9.17, 15) is 22.8 Å². The van der Waals surface area contributed by atoms with Crippen LogP contribution in [0.1, 0.15) is 41.2 Å². The van der Waals surface area contributed by atoms with Crippen LogP contribution in [-0.2, 0) is 28.7 Å². The smallest absolute Gasteiger partial charge is 0.416 e. The van der Waals surface area contributed by atoms with Gasteiger partial charge < -0.3 is 4.74 Å². The van der Waals surface area contributed by atoms with E-state index in [1.807, 2.05) is 6.92 Å². The first kappa shape index (κ1) is 23.3. The van der Waals surface area contributed by atoms with Crippen molar-refractivity contribution in [3.05, 3.63) is 64.7 Å². The van der Waals surface area contributed by atoms with Crippen LogP contribution in [0.4, 0.5) is 24.0 Å². The molecule has 3 aromatic heterocycles. The molecule has 176 valence electrons. The predicted molar refractivity (Wildman–Crippen MR) is 116 cm³/mol. The zero-order chi connectivity index (χ0) is 24.5. The van der Waals surface area contributed by atoms with Crippen molar-refractivity contribution in [1.29, 1.82) is 0 Å². The maximum absolute atomic E-state index is 13.1. The number of fused-ring (bicyclic) bond motifs is 1. The number of ether oxygens (including phenoxy) is 1. The van der Waals surface area contributed by atoms with E-state index in [1.54, 1.807) is 5.38 Å². The van der Waals surface area contributed by atoms with Crippen molar-refractivity contribution in [1.82, 2.24) is 24.6 Å². The van der Waals surface area contributed by atoms with Crippen molar-refractivity contribution in [2.45, 2.75) is 33.1 Å². The largest absolute Gasteiger partial charge is 0.455 e. The second-order valence-electron chi connectivity index (χ2n) is 7.04. The lowest BCUT2D eigenvalue weighted by Crippen LogP contribution is -2.23. The quantitative estimate of drug-likeness (QED) is 0.373. The molecule has 0 spiro atoms. The fourth-order valence-electron chi connectivity index (χ4n) is 3.27. The van der Waals surface area contributed by atoms with Gasteiger partial charge in [-0.25, -0.2) is 19.3 Å². The summed E-state index contributed by atoms with van der Waals surface area (Å²) in [5.41, 5.74) is 0.287. The summed E-state index contributed by atoms with van der Waals surface area (Å²) < 4.78 is 46.1. The van der Waals surface area contributed by atoms with Crippen molar-refractivity contribution >= 4 is 39.8 Å². The molecule has 0 saturated carbocycles. The minimum Gasteiger partial charge on any atom is -0.455 e. The van der Waals surface area contributed by atoms with E-state index in [0.29, 0.717) is 23.6 Å². The van der Waals surface area contributed by atoms with E-state index in [-0.39, 0.29) is 23.0 Å². The summed E-state index contributed by atoms with van der Waals surface area (Å²) in [6.07, 6.45) is -1.37. The van der Waals surface area contributed by atoms with E-state index in [0.717, 1.165) is 28.4 Å². The third kappa shape index (κ3) is 4.59.